The number of nitrogens with zero attached hydrogens (tertiary/aromatic N) is 4. The number of pyridine rings is 1. The minimum absolute atomic E-state index is 0.196. The van der Waals surface area contributed by atoms with Crippen molar-refractivity contribution in [3.63, 3.8) is 0 Å². The van der Waals surface area contributed by atoms with Crippen LogP contribution in [0.25, 0.3) is 11.4 Å². The summed E-state index contributed by atoms with van der Waals surface area (Å²) >= 11 is 0. The Bertz CT molecular complexity index is 1470. The van der Waals surface area contributed by atoms with Crippen LogP contribution in [0, 0.1) is 5.82 Å². The number of piperidine rings is 1. The number of hydrogen-bond acceptors (Lipinski definition) is 7. The lowest BCUT2D eigenvalue weighted by molar-refractivity contribution is 0.0924. The van der Waals surface area contributed by atoms with Gasteiger partial charge in [0.25, 0.3) is 5.91 Å². The maximum Gasteiger partial charge on any atom is 0.251 e. The number of amides is 1. The summed E-state index contributed by atoms with van der Waals surface area (Å²) in [5.41, 5.74) is 2.57. The van der Waals surface area contributed by atoms with E-state index >= 15 is 0 Å². The fraction of sp³-hybridized carbons (Fsp3) is 0.310. The molecule has 0 spiro atoms. The van der Waals surface area contributed by atoms with Crippen molar-refractivity contribution >= 4 is 11.6 Å². The third-order valence-corrected chi connectivity index (χ3v) is 7.55. The molecule has 0 radical (unpaired) electrons. The number of carbonyl (C=O) groups excluding carboxylic acids is 1. The summed E-state index contributed by atoms with van der Waals surface area (Å²) in [5.74, 6) is 1.31. The molecule has 2 aliphatic rings. The van der Waals surface area contributed by atoms with Gasteiger partial charge in [-0.15, -0.1) is 0 Å². The molecule has 0 aliphatic carbocycles. The first-order chi connectivity index (χ1) is 19.0. The minimum Gasteiger partial charge on any atom is -0.493 e. The first kappa shape index (κ1) is 25.0. The molecular weight excluding hydrogens is 497 g/mol. The number of carbonyl (C=O) groups is 1. The van der Waals surface area contributed by atoms with Crippen LogP contribution in [0.1, 0.15) is 47.1 Å². The van der Waals surface area contributed by atoms with Gasteiger partial charge >= 0.3 is 0 Å². The van der Waals surface area contributed by atoms with Crippen molar-refractivity contribution in [3.05, 3.63) is 89.8 Å². The normalized spacial score (nSPS) is 18.6. The molecule has 1 atom stereocenters. The van der Waals surface area contributed by atoms with E-state index < -0.39 is 5.54 Å². The number of ether oxygens (including phenoxy) is 1. The summed E-state index contributed by atoms with van der Waals surface area (Å²) in [6.45, 7) is 2.20. The summed E-state index contributed by atoms with van der Waals surface area (Å²) in [6, 6.07) is 15.4. The quantitative estimate of drug-likeness (QED) is 0.343. The van der Waals surface area contributed by atoms with Gasteiger partial charge in [0.05, 0.1) is 18.2 Å². The fourth-order valence-electron chi connectivity index (χ4n) is 5.30. The van der Waals surface area contributed by atoms with Crippen molar-refractivity contribution in [2.24, 2.45) is 0 Å². The number of nitrogens with one attached hydrogen (secondary N) is 3. The van der Waals surface area contributed by atoms with E-state index in [2.05, 4.69) is 37.8 Å². The van der Waals surface area contributed by atoms with Crippen molar-refractivity contribution in [2.45, 2.75) is 30.8 Å². The maximum atomic E-state index is 13.7. The molecule has 1 fully saturated rings. The van der Waals surface area contributed by atoms with Gasteiger partial charge in [0.2, 0.25) is 0 Å². The lowest BCUT2D eigenvalue weighted by Crippen LogP contribution is -2.46. The number of H-pyrrole nitrogens is 1. The smallest absolute Gasteiger partial charge is 0.251 e. The third-order valence-electron chi connectivity index (χ3n) is 7.55. The molecule has 1 amide bonds. The molecular formula is C29H30FN7O2. The Labute approximate surface area is 225 Å². The highest BCUT2D eigenvalue weighted by atomic mass is 19.1. The Morgan fingerprint density at radius 1 is 1.13 bits per heavy atom. The summed E-state index contributed by atoms with van der Waals surface area (Å²) in [6.07, 6.45) is 5.70. The predicted molar refractivity (Wildman–Crippen MR) is 145 cm³/mol. The van der Waals surface area contributed by atoms with Gasteiger partial charge in [0.15, 0.2) is 11.6 Å². The second-order valence-corrected chi connectivity index (χ2v) is 10.2. The number of benzene rings is 2. The van der Waals surface area contributed by atoms with Crippen LogP contribution < -0.4 is 15.4 Å². The second kappa shape index (κ2) is 10.5. The lowest BCUT2D eigenvalue weighted by Gasteiger charge is -2.40. The number of hydrogen-bond donors (Lipinski definition) is 3. The molecule has 39 heavy (non-hydrogen) atoms. The van der Waals surface area contributed by atoms with E-state index in [-0.39, 0.29) is 17.8 Å². The molecule has 4 aromatic rings. The Balaban J connectivity index is 1.24. The van der Waals surface area contributed by atoms with Gasteiger partial charge in [-0.3, -0.25) is 14.9 Å². The minimum atomic E-state index is -0.469. The third kappa shape index (κ3) is 5.20. The number of fused-ring (bicyclic) bond motifs is 1. The number of aromatic amines is 1. The molecule has 2 aliphatic heterocycles. The molecule has 10 heteroatoms. The number of halogens is 1. The van der Waals surface area contributed by atoms with Gasteiger partial charge in [0, 0.05) is 60.3 Å². The van der Waals surface area contributed by atoms with E-state index in [0.717, 1.165) is 48.6 Å². The van der Waals surface area contributed by atoms with Crippen LogP contribution in [0.2, 0.25) is 0 Å². The van der Waals surface area contributed by atoms with Crippen molar-refractivity contribution in [2.75, 3.05) is 32.1 Å². The average molecular weight is 528 g/mol. The summed E-state index contributed by atoms with van der Waals surface area (Å²) in [7, 11) is 2.11. The molecule has 3 N–H and O–H groups in total. The highest BCUT2D eigenvalue weighted by Crippen LogP contribution is 2.36. The van der Waals surface area contributed by atoms with E-state index in [0.29, 0.717) is 30.2 Å². The number of rotatable bonds is 6. The van der Waals surface area contributed by atoms with Crippen molar-refractivity contribution in [3.8, 4) is 17.1 Å². The highest BCUT2D eigenvalue weighted by Gasteiger charge is 2.39. The first-order valence-electron chi connectivity index (χ1n) is 13.1. The molecule has 0 unspecified atom stereocenters. The summed E-state index contributed by atoms with van der Waals surface area (Å²) < 4.78 is 19.3. The van der Waals surface area contributed by atoms with Crippen LogP contribution >= 0.6 is 0 Å². The zero-order valence-electron chi connectivity index (χ0n) is 21.7. The lowest BCUT2D eigenvalue weighted by atomic mass is 9.86. The van der Waals surface area contributed by atoms with Crippen LogP contribution in [0.5, 0.6) is 5.75 Å². The van der Waals surface area contributed by atoms with Gasteiger partial charge in [-0.25, -0.2) is 9.37 Å². The Morgan fingerprint density at radius 2 is 1.95 bits per heavy atom. The van der Waals surface area contributed by atoms with E-state index in [1.807, 2.05) is 30.3 Å². The largest absolute Gasteiger partial charge is 0.493 e. The summed E-state index contributed by atoms with van der Waals surface area (Å²) in [5, 5.41) is 14.5. The predicted octanol–water partition coefficient (Wildman–Crippen LogP) is 4.29. The molecule has 200 valence electrons. The van der Waals surface area contributed by atoms with Gasteiger partial charge in [0.1, 0.15) is 11.6 Å². The van der Waals surface area contributed by atoms with Gasteiger partial charge < -0.3 is 20.3 Å². The topological polar surface area (TPSA) is 108 Å². The van der Waals surface area contributed by atoms with Gasteiger partial charge in [-0.2, -0.15) is 5.10 Å². The Morgan fingerprint density at radius 3 is 2.77 bits per heavy atom. The molecule has 1 saturated heterocycles. The highest BCUT2D eigenvalue weighted by molar-refractivity contribution is 5.95. The van der Waals surface area contributed by atoms with Crippen LogP contribution in [-0.2, 0) is 5.54 Å². The average Bonchev–Trinajstić information content (AvgIpc) is 3.46. The Kier molecular flexibility index (Phi) is 6.70. The van der Waals surface area contributed by atoms with Crippen LogP contribution in [-0.4, -0.2) is 57.7 Å². The molecule has 2 aromatic carbocycles. The van der Waals surface area contributed by atoms with Crippen molar-refractivity contribution in [1.29, 1.82) is 0 Å². The van der Waals surface area contributed by atoms with E-state index in [4.69, 9.17) is 9.72 Å². The number of aromatic nitrogens is 4. The summed E-state index contributed by atoms with van der Waals surface area (Å²) in [4.78, 5) is 24.5. The SMILES string of the molecule is CN1CCC(Nc2cccc(C(=O)N[C@H]3CCOc4cc(F)ccc43)c2)(c2nc(-c3ccncc3)n[nH]2)CC1. The first-order valence-corrected chi connectivity index (χ1v) is 13.1. The molecule has 0 saturated carbocycles. The molecule has 4 heterocycles. The standard InChI is InChI=1S/C29H30FN7O2/c1-37-14-10-29(11-15-37,28-33-26(35-36-28)19-7-12-31-13-8-19)34-22-4-2-3-20(17-22)27(38)32-24-9-16-39-25-18-21(30)5-6-23(24)25/h2-8,12-13,17-18,24,34H,9-11,14-16H2,1H3,(H,32,38)(H,33,35,36)/t24-/m0/s1. The molecule has 6 rings (SSSR count). The van der Waals surface area contributed by atoms with Crippen LogP contribution in [0.4, 0.5) is 10.1 Å². The monoisotopic (exact) mass is 527 g/mol. The zero-order valence-corrected chi connectivity index (χ0v) is 21.7. The maximum absolute atomic E-state index is 13.7. The fourth-order valence-corrected chi connectivity index (χ4v) is 5.30. The Hall–Kier alpha value is -4.31. The van der Waals surface area contributed by atoms with E-state index in [1.165, 1.54) is 12.1 Å². The van der Waals surface area contributed by atoms with Crippen LogP contribution in [0.15, 0.2) is 67.0 Å². The zero-order chi connectivity index (χ0) is 26.8. The number of likely N-dealkylation sites (tertiary alicyclic amines) is 1. The van der Waals surface area contributed by atoms with E-state index in [1.54, 1.807) is 24.5 Å². The van der Waals surface area contributed by atoms with Crippen molar-refractivity contribution in [1.82, 2.24) is 30.4 Å². The van der Waals surface area contributed by atoms with Gasteiger partial charge in [-0.1, -0.05) is 12.1 Å². The second-order valence-electron chi connectivity index (χ2n) is 10.2. The molecule has 2 aromatic heterocycles. The van der Waals surface area contributed by atoms with E-state index in [9.17, 15) is 9.18 Å². The van der Waals surface area contributed by atoms with Gasteiger partial charge in [-0.05, 0) is 56.3 Å². The molecule has 0 bridgehead atoms. The van der Waals surface area contributed by atoms with Crippen LogP contribution in [0.3, 0.4) is 0 Å². The molecule has 9 nitrogen and oxygen atoms in total. The number of anilines is 1. The van der Waals surface area contributed by atoms with Crippen molar-refractivity contribution < 1.29 is 13.9 Å².